The van der Waals surface area contributed by atoms with E-state index in [2.05, 4.69) is 25.3 Å². The number of anilines is 3. The highest BCUT2D eigenvalue weighted by atomic mass is 35.5. The number of aromatic nitrogens is 2. The first-order valence-electron chi connectivity index (χ1n) is 8.32. The first kappa shape index (κ1) is 19.3. The number of halogens is 1. The monoisotopic (exact) mass is 396 g/mol. The number of carbonyl (C=O) groups is 2. The molecule has 0 aliphatic heterocycles. The van der Waals surface area contributed by atoms with Gasteiger partial charge in [-0.3, -0.25) is 4.79 Å². The van der Waals surface area contributed by atoms with Crippen LogP contribution in [0.2, 0.25) is 5.02 Å². The van der Waals surface area contributed by atoms with Crippen molar-refractivity contribution in [3.63, 3.8) is 0 Å². The van der Waals surface area contributed by atoms with E-state index in [1.807, 2.05) is 19.1 Å². The molecule has 0 radical (unpaired) electrons. The third-order valence-corrected chi connectivity index (χ3v) is 4.40. The molecule has 0 unspecified atom stereocenters. The Morgan fingerprint density at radius 2 is 1.68 bits per heavy atom. The molecule has 2 N–H and O–H groups in total. The predicted molar refractivity (Wildman–Crippen MR) is 107 cm³/mol. The summed E-state index contributed by atoms with van der Waals surface area (Å²) < 4.78 is 4.64. The summed E-state index contributed by atoms with van der Waals surface area (Å²) in [7, 11) is 1.31. The molecule has 0 saturated carbocycles. The molecule has 1 heterocycles. The van der Waals surface area contributed by atoms with Gasteiger partial charge in [-0.1, -0.05) is 17.7 Å². The lowest BCUT2D eigenvalue weighted by molar-refractivity contribution is 0.0600. The van der Waals surface area contributed by atoms with E-state index in [-0.39, 0.29) is 5.91 Å². The molecule has 3 aromatic rings. The Bertz CT molecular complexity index is 1000. The van der Waals surface area contributed by atoms with Gasteiger partial charge in [0, 0.05) is 28.8 Å². The van der Waals surface area contributed by atoms with Crippen molar-refractivity contribution in [1.82, 2.24) is 9.97 Å². The lowest BCUT2D eigenvalue weighted by atomic mass is 10.2. The molecule has 2 aromatic carbocycles. The standard InChI is InChI=1S/C20H17ClN4O3/c1-12-16(21)4-3-5-17(12)25-20-22-10-14(11-23-20)18(26)24-15-8-6-13(7-9-15)19(27)28-2/h3-11H,1-2H3,(H,24,26)(H,22,23,25). The average molecular weight is 397 g/mol. The number of hydrogen-bond acceptors (Lipinski definition) is 6. The van der Waals surface area contributed by atoms with Crippen molar-refractivity contribution in [2.45, 2.75) is 6.92 Å². The lowest BCUT2D eigenvalue weighted by Gasteiger charge is -2.10. The van der Waals surface area contributed by atoms with E-state index < -0.39 is 5.97 Å². The van der Waals surface area contributed by atoms with Crippen LogP contribution < -0.4 is 10.6 Å². The number of esters is 1. The van der Waals surface area contributed by atoms with Crippen LogP contribution in [-0.4, -0.2) is 29.0 Å². The zero-order valence-corrected chi connectivity index (χ0v) is 15.9. The Labute approximate surface area is 166 Å². The van der Waals surface area contributed by atoms with Gasteiger partial charge in [0.2, 0.25) is 5.95 Å². The summed E-state index contributed by atoms with van der Waals surface area (Å²) in [5.74, 6) is -0.454. The molecule has 0 aliphatic rings. The Morgan fingerprint density at radius 3 is 2.32 bits per heavy atom. The topological polar surface area (TPSA) is 93.2 Å². The van der Waals surface area contributed by atoms with Crippen LogP contribution in [-0.2, 0) is 4.74 Å². The van der Waals surface area contributed by atoms with Gasteiger partial charge in [-0.2, -0.15) is 0 Å². The van der Waals surface area contributed by atoms with Crippen LogP contribution in [0.25, 0.3) is 0 Å². The fourth-order valence-electron chi connectivity index (χ4n) is 2.38. The molecule has 0 bridgehead atoms. The van der Waals surface area contributed by atoms with Crippen molar-refractivity contribution >= 4 is 40.8 Å². The van der Waals surface area contributed by atoms with Gasteiger partial charge < -0.3 is 15.4 Å². The van der Waals surface area contributed by atoms with Crippen molar-refractivity contribution in [2.75, 3.05) is 17.7 Å². The fourth-order valence-corrected chi connectivity index (χ4v) is 2.56. The molecule has 0 spiro atoms. The van der Waals surface area contributed by atoms with Gasteiger partial charge in [-0.25, -0.2) is 14.8 Å². The van der Waals surface area contributed by atoms with Gasteiger partial charge in [0.1, 0.15) is 0 Å². The molecular weight excluding hydrogens is 380 g/mol. The number of rotatable bonds is 5. The molecule has 1 aromatic heterocycles. The minimum Gasteiger partial charge on any atom is -0.465 e. The minimum atomic E-state index is -0.440. The number of benzene rings is 2. The highest BCUT2D eigenvalue weighted by molar-refractivity contribution is 6.31. The second-order valence-corrected chi connectivity index (χ2v) is 6.26. The Morgan fingerprint density at radius 1 is 1.00 bits per heavy atom. The normalized spacial score (nSPS) is 10.2. The van der Waals surface area contributed by atoms with Gasteiger partial charge >= 0.3 is 5.97 Å². The fraction of sp³-hybridized carbons (Fsp3) is 0.100. The Kier molecular flexibility index (Phi) is 5.86. The van der Waals surface area contributed by atoms with Crippen LogP contribution in [0.4, 0.5) is 17.3 Å². The molecule has 3 rings (SSSR count). The van der Waals surface area contributed by atoms with Gasteiger partial charge in [0.25, 0.3) is 5.91 Å². The maximum Gasteiger partial charge on any atom is 0.337 e. The van der Waals surface area contributed by atoms with Crippen LogP contribution in [0.1, 0.15) is 26.3 Å². The molecule has 142 valence electrons. The van der Waals surface area contributed by atoms with E-state index in [0.29, 0.717) is 27.8 Å². The molecule has 0 aliphatic carbocycles. The van der Waals surface area contributed by atoms with Gasteiger partial charge in [0.15, 0.2) is 0 Å². The SMILES string of the molecule is COC(=O)c1ccc(NC(=O)c2cnc(Nc3cccc(Cl)c3C)nc2)cc1. The van der Waals surface area contributed by atoms with Crippen LogP contribution in [0, 0.1) is 6.92 Å². The smallest absolute Gasteiger partial charge is 0.337 e. The number of ether oxygens (including phenoxy) is 1. The lowest BCUT2D eigenvalue weighted by Crippen LogP contribution is -2.13. The maximum atomic E-state index is 12.3. The largest absolute Gasteiger partial charge is 0.465 e. The molecular formula is C20H17ClN4O3. The van der Waals surface area contributed by atoms with E-state index >= 15 is 0 Å². The zero-order chi connectivity index (χ0) is 20.1. The summed E-state index contributed by atoms with van der Waals surface area (Å²) in [5, 5.41) is 6.43. The molecule has 0 atom stereocenters. The highest BCUT2D eigenvalue weighted by Crippen LogP contribution is 2.24. The number of nitrogens with zero attached hydrogens (tertiary/aromatic N) is 2. The summed E-state index contributed by atoms with van der Waals surface area (Å²) in [5.41, 5.74) is 2.90. The predicted octanol–water partition coefficient (Wildman–Crippen LogP) is 4.22. The average Bonchev–Trinajstić information content (AvgIpc) is 2.72. The quantitative estimate of drug-likeness (QED) is 0.627. The second-order valence-electron chi connectivity index (χ2n) is 5.86. The van der Waals surface area contributed by atoms with Gasteiger partial charge in [0.05, 0.1) is 18.2 Å². The van der Waals surface area contributed by atoms with Gasteiger partial charge in [-0.15, -0.1) is 0 Å². The minimum absolute atomic E-state index is 0.297. The van der Waals surface area contributed by atoms with Crippen LogP contribution in [0.3, 0.4) is 0 Å². The van der Waals surface area contributed by atoms with E-state index in [1.54, 1.807) is 30.3 Å². The number of carbonyl (C=O) groups excluding carboxylic acids is 2. The first-order chi connectivity index (χ1) is 13.5. The second kappa shape index (κ2) is 8.49. The van der Waals surface area contributed by atoms with Crippen LogP contribution in [0.15, 0.2) is 54.9 Å². The number of nitrogens with one attached hydrogen (secondary N) is 2. The first-order valence-corrected chi connectivity index (χ1v) is 8.69. The highest BCUT2D eigenvalue weighted by Gasteiger charge is 2.10. The molecule has 7 nitrogen and oxygen atoms in total. The van der Waals surface area contributed by atoms with E-state index in [4.69, 9.17) is 11.6 Å². The summed E-state index contributed by atoms with van der Waals surface area (Å²) in [6.45, 7) is 1.89. The summed E-state index contributed by atoms with van der Waals surface area (Å²) in [6.07, 6.45) is 2.85. The van der Waals surface area contributed by atoms with Gasteiger partial charge in [-0.05, 0) is 48.9 Å². The van der Waals surface area contributed by atoms with Crippen molar-refractivity contribution in [3.05, 3.63) is 76.6 Å². The van der Waals surface area contributed by atoms with E-state index in [0.717, 1.165) is 11.3 Å². The molecule has 8 heteroatoms. The number of amides is 1. The van der Waals surface area contributed by atoms with Crippen molar-refractivity contribution in [3.8, 4) is 0 Å². The van der Waals surface area contributed by atoms with Crippen molar-refractivity contribution in [2.24, 2.45) is 0 Å². The Hall–Kier alpha value is -3.45. The van der Waals surface area contributed by atoms with Crippen LogP contribution in [0.5, 0.6) is 0 Å². The van der Waals surface area contributed by atoms with Crippen LogP contribution >= 0.6 is 11.6 Å². The third-order valence-electron chi connectivity index (χ3n) is 3.99. The Balaban J connectivity index is 1.66. The molecule has 28 heavy (non-hydrogen) atoms. The molecule has 1 amide bonds. The van der Waals surface area contributed by atoms with E-state index in [9.17, 15) is 9.59 Å². The number of hydrogen-bond donors (Lipinski definition) is 2. The summed E-state index contributed by atoms with van der Waals surface area (Å²) >= 11 is 6.10. The van der Waals surface area contributed by atoms with E-state index in [1.165, 1.54) is 19.5 Å². The summed E-state index contributed by atoms with van der Waals surface area (Å²) in [6, 6.07) is 11.9. The summed E-state index contributed by atoms with van der Waals surface area (Å²) in [4.78, 5) is 32.1. The molecule has 0 saturated heterocycles. The maximum absolute atomic E-state index is 12.3. The van der Waals surface area contributed by atoms with Crippen molar-refractivity contribution in [1.29, 1.82) is 0 Å². The number of methoxy groups -OCH3 is 1. The van der Waals surface area contributed by atoms with Crippen molar-refractivity contribution < 1.29 is 14.3 Å². The zero-order valence-electron chi connectivity index (χ0n) is 15.2. The molecule has 0 fully saturated rings. The third kappa shape index (κ3) is 4.44.